The number of hydrogen-bond acceptors (Lipinski definition) is 3. The van der Waals surface area contributed by atoms with E-state index in [9.17, 15) is 9.59 Å². The number of aliphatic carboxylic acids is 1. The molecule has 0 bridgehead atoms. The number of carboxylic acid groups (broad SMARTS) is 1. The molecule has 0 aromatic rings. The molecule has 5 heteroatoms. The van der Waals surface area contributed by atoms with Crippen molar-refractivity contribution in [1.82, 2.24) is 5.32 Å². The molecule has 0 saturated heterocycles. The summed E-state index contributed by atoms with van der Waals surface area (Å²) in [5.74, 6) is 0.962. The molecule has 0 spiro atoms. The van der Waals surface area contributed by atoms with Crippen LogP contribution in [0.15, 0.2) is 0 Å². The molecule has 2 rings (SSSR count). The van der Waals surface area contributed by atoms with E-state index in [-0.39, 0.29) is 18.2 Å². The number of carbonyl (C=O) groups is 2. The van der Waals surface area contributed by atoms with E-state index >= 15 is 0 Å². The van der Waals surface area contributed by atoms with Gasteiger partial charge in [0.15, 0.2) is 0 Å². The van der Waals surface area contributed by atoms with Crippen LogP contribution >= 0.6 is 0 Å². The molecule has 0 radical (unpaired) electrons. The summed E-state index contributed by atoms with van der Waals surface area (Å²) in [6, 6.07) is 0.297. The molecule has 2 saturated carbocycles. The van der Waals surface area contributed by atoms with Gasteiger partial charge in [-0.05, 0) is 82.6 Å². The van der Waals surface area contributed by atoms with Crippen molar-refractivity contribution in [3.63, 3.8) is 0 Å². The molecule has 2 fully saturated rings. The van der Waals surface area contributed by atoms with Crippen molar-refractivity contribution >= 4 is 11.9 Å². The standard InChI is InChI=1S/C18H32N2O3/c19-12-11-14-1-6-15(7-2-14)18(23)20-16-8-3-13(4-9-16)5-10-17(21)22/h13-16H,1-12,19H2,(H,20,23)(H,21,22). The first-order valence-corrected chi connectivity index (χ1v) is 9.30. The second kappa shape index (κ2) is 9.26. The van der Waals surface area contributed by atoms with Crippen LogP contribution in [0.2, 0.25) is 0 Å². The van der Waals surface area contributed by atoms with Gasteiger partial charge in [-0.25, -0.2) is 0 Å². The predicted molar refractivity (Wildman–Crippen MR) is 89.9 cm³/mol. The van der Waals surface area contributed by atoms with Crippen molar-refractivity contribution in [2.75, 3.05) is 6.54 Å². The molecule has 2 aliphatic carbocycles. The van der Waals surface area contributed by atoms with Crippen LogP contribution in [0.1, 0.15) is 70.6 Å². The fourth-order valence-corrected chi connectivity index (χ4v) is 4.19. The van der Waals surface area contributed by atoms with E-state index in [4.69, 9.17) is 10.8 Å². The maximum absolute atomic E-state index is 12.4. The van der Waals surface area contributed by atoms with Crippen LogP contribution in [0.25, 0.3) is 0 Å². The van der Waals surface area contributed by atoms with Crippen LogP contribution in [0, 0.1) is 17.8 Å². The smallest absolute Gasteiger partial charge is 0.303 e. The first-order valence-electron chi connectivity index (χ1n) is 9.30. The lowest BCUT2D eigenvalue weighted by atomic mass is 9.79. The molecule has 0 heterocycles. The summed E-state index contributed by atoms with van der Waals surface area (Å²) >= 11 is 0. The molecule has 5 nitrogen and oxygen atoms in total. The van der Waals surface area contributed by atoms with Crippen LogP contribution in [0.4, 0.5) is 0 Å². The topological polar surface area (TPSA) is 92.4 Å². The second-order valence-corrected chi connectivity index (χ2v) is 7.45. The number of hydrogen-bond donors (Lipinski definition) is 3. The van der Waals surface area contributed by atoms with Crippen molar-refractivity contribution in [3.8, 4) is 0 Å². The van der Waals surface area contributed by atoms with Gasteiger partial charge in [-0.3, -0.25) is 9.59 Å². The van der Waals surface area contributed by atoms with Crippen LogP contribution in [-0.4, -0.2) is 29.6 Å². The molecule has 0 atom stereocenters. The van der Waals surface area contributed by atoms with E-state index in [1.807, 2.05) is 0 Å². The molecule has 1 amide bonds. The van der Waals surface area contributed by atoms with Crippen LogP contribution < -0.4 is 11.1 Å². The van der Waals surface area contributed by atoms with E-state index in [1.165, 1.54) is 0 Å². The normalized spacial score (nSPS) is 31.5. The first-order chi connectivity index (χ1) is 11.1. The Bertz CT molecular complexity index is 384. The average molecular weight is 324 g/mol. The Morgan fingerprint density at radius 1 is 0.913 bits per heavy atom. The summed E-state index contributed by atoms with van der Waals surface area (Å²) in [4.78, 5) is 23.0. The van der Waals surface area contributed by atoms with Gasteiger partial charge in [0.1, 0.15) is 0 Å². The van der Waals surface area contributed by atoms with E-state index in [0.717, 1.165) is 70.8 Å². The molecule has 4 N–H and O–H groups in total. The number of rotatable bonds is 7. The Labute approximate surface area is 139 Å². The van der Waals surface area contributed by atoms with E-state index in [2.05, 4.69) is 5.32 Å². The zero-order valence-corrected chi connectivity index (χ0v) is 14.1. The average Bonchev–Trinajstić information content (AvgIpc) is 2.55. The summed E-state index contributed by atoms with van der Waals surface area (Å²) in [5, 5.41) is 12.0. The highest BCUT2D eigenvalue weighted by molar-refractivity contribution is 5.79. The lowest BCUT2D eigenvalue weighted by molar-refractivity contribution is -0.137. The third-order valence-corrected chi connectivity index (χ3v) is 5.75. The third-order valence-electron chi connectivity index (χ3n) is 5.75. The van der Waals surface area contributed by atoms with Crippen molar-refractivity contribution < 1.29 is 14.7 Å². The quantitative estimate of drug-likeness (QED) is 0.671. The molecular weight excluding hydrogens is 292 g/mol. The highest BCUT2D eigenvalue weighted by Crippen LogP contribution is 2.32. The van der Waals surface area contributed by atoms with Gasteiger partial charge in [-0.2, -0.15) is 0 Å². The highest BCUT2D eigenvalue weighted by atomic mass is 16.4. The number of nitrogens with two attached hydrogens (primary N) is 1. The first kappa shape index (κ1) is 18.2. The summed E-state index contributed by atoms with van der Waals surface area (Å²) in [5.41, 5.74) is 5.61. The molecule has 2 aliphatic rings. The van der Waals surface area contributed by atoms with Crippen LogP contribution in [-0.2, 0) is 9.59 Å². The molecule has 0 aromatic heterocycles. The minimum absolute atomic E-state index is 0.189. The summed E-state index contributed by atoms with van der Waals surface area (Å²) in [6.45, 7) is 0.757. The summed E-state index contributed by atoms with van der Waals surface area (Å²) in [7, 11) is 0. The Morgan fingerprint density at radius 2 is 1.48 bits per heavy atom. The molecular formula is C18H32N2O3. The minimum Gasteiger partial charge on any atom is -0.481 e. The van der Waals surface area contributed by atoms with Crippen LogP contribution in [0.5, 0.6) is 0 Å². The maximum Gasteiger partial charge on any atom is 0.303 e. The minimum atomic E-state index is -0.703. The monoisotopic (exact) mass is 324 g/mol. The van der Waals surface area contributed by atoms with E-state index in [1.54, 1.807) is 0 Å². The Hall–Kier alpha value is -1.10. The zero-order chi connectivity index (χ0) is 16.7. The number of carbonyl (C=O) groups excluding carboxylic acids is 1. The second-order valence-electron chi connectivity index (χ2n) is 7.45. The van der Waals surface area contributed by atoms with Crippen molar-refractivity contribution in [2.24, 2.45) is 23.5 Å². The largest absolute Gasteiger partial charge is 0.481 e. The van der Waals surface area contributed by atoms with Crippen LogP contribution in [0.3, 0.4) is 0 Å². The number of nitrogens with one attached hydrogen (secondary N) is 1. The summed E-state index contributed by atoms with van der Waals surface area (Å²) in [6.07, 6.45) is 10.5. The van der Waals surface area contributed by atoms with Gasteiger partial charge in [0, 0.05) is 18.4 Å². The fraction of sp³-hybridized carbons (Fsp3) is 0.889. The zero-order valence-electron chi connectivity index (χ0n) is 14.1. The lowest BCUT2D eigenvalue weighted by Crippen LogP contribution is -2.42. The predicted octanol–water partition coefficient (Wildman–Crippen LogP) is 2.68. The van der Waals surface area contributed by atoms with E-state index < -0.39 is 5.97 Å². The molecule has 23 heavy (non-hydrogen) atoms. The SMILES string of the molecule is NCCC1CCC(C(=O)NC2CCC(CCC(=O)O)CC2)CC1. The third kappa shape index (κ3) is 6.13. The highest BCUT2D eigenvalue weighted by Gasteiger charge is 2.28. The molecule has 132 valence electrons. The van der Waals surface area contributed by atoms with Gasteiger partial charge >= 0.3 is 5.97 Å². The van der Waals surface area contributed by atoms with Gasteiger partial charge < -0.3 is 16.2 Å². The summed E-state index contributed by atoms with van der Waals surface area (Å²) < 4.78 is 0. The van der Waals surface area contributed by atoms with Gasteiger partial charge in [-0.1, -0.05) is 0 Å². The Balaban J connectivity index is 1.64. The van der Waals surface area contributed by atoms with Gasteiger partial charge in [0.2, 0.25) is 5.91 Å². The fourth-order valence-electron chi connectivity index (χ4n) is 4.19. The van der Waals surface area contributed by atoms with Gasteiger partial charge in [0.25, 0.3) is 0 Å². The number of carboxylic acids is 1. The Kier molecular flexibility index (Phi) is 7.34. The maximum atomic E-state index is 12.4. The molecule has 0 unspecified atom stereocenters. The number of amides is 1. The van der Waals surface area contributed by atoms with Crippen molar-refractivity contribution in [1.29, 1.82) is 0 Å². The molecule has 0 aliphatic heterocycles. The lowest BCUT2D eigenvalue weighted by Gasteiger charge is -2.32. The van der Waals surface area contributed by atoms with Gasteiger partial charge in [-0.15, -0.1) is 0 Å². The molecule has 0 aromatic carbocycles. The Morgan fingerprint density at radius 3 is 2.04 bits per heavy atom. The van der Waals surface area contributed by atoms with Gasteiger partial charge in [0.05, 0.1) is 0 Å². The van der Waals surface area contributed by atoms with Crippen molar-refractivity contribution in [2.45, 2.75) is 76.7 Å². The van der Waals surface area contributed by atoms with Crippen molar-refractivity contribution in [3.05, 3.63) is 0 Å². The van der Waals surface area contributed by atoms with E-state index in [0.29, 0.717) is 17.9 Å².